The predicted molar refractivity (Wildman–Crippen MR) is 118 cm³/mol. The fourth-order valence-electron chi connectivity index (χ4n) is 4.24. The fraction of sp³-hybridized carbons (Fsp3) is 0.696. The van der Waals surface area contributed by atoms with E-state index in [2.05, 4.69) is 22.0 Å². The van der Waals surface area contributed by atoms with Gasteiger partial charge in [-0.25, -0.2) is 9.59 Å². The van der Waals surface area contributed by atoms with Crippen LogP contribution in [0.25, 0.3) is 0 Å². The minimum atomic E-state index is -5.08. The molecular weight excluding hydrogens is 530 g/mol. The Morgan fingerprint density at radius 3 is 2.11 bits per heavy atom. The Bertz CT molecular complexity index is 842. The van der Waals surface area contributed by atoms with Crippen molar-refractivity contribution in [3.63, 3.8) is 0 Å². The standard InChI is InChI=1S/C19H28N2O3.2C2HF3O2/c1-2-8-20-16(3-1)13-21-9-12-23-19-17(21)4-5-18(19)24-14-15-6-10-22-11-7-15;2*3-2(4,5)1(6)7/h1-3,8,15,17-19H,4-7,9-14H2;2*(H,6,7)/t17-,18+,19+;;/m0../s1. The van der Waals surface area contributed by atoms with Crippen LogP contribution in [0.15, 0.2) is 24.4 Å². The van der Waals surface area contributed by atoms with E-state index in [1.165, 1.54) is 0 Å². The van der Waals surface area contributed by atoms with Crippen LogP contribution in [0.4, 0.5) is 26.3 Å². The van der Waals surface area contributed by atoms with Crippen molar-refractivity contribution in [2.24, 2.45) is 5.92 Å². The molecule has 3 aliphatic rings. The number of hydrogen-bond donors (Lipinski definition) is 2. The summed E-state index contributed by atoms with van der Waals surface area (Å²) >= 11 is 0. The van der Waals surface area contributed by atoms with E-state index in [1.54, 1.807) is 0 Å². The third kappa shape index (κ3) is 10.7. The molecule has 2 N–H and O–H groups in total. The van der Waals surface area contributed by atoms with Crippen LogP contribution >= 0.6 is 0 Å². The van der Waals surface area contributed by atoms with Crippen molar-refractivity contribution in [1.82, 2.24) is 9.88 Å². The monoisotopic (exact) mass is 560 g/mol. The molecule has 4 rings (SSSR count). The molecule has 2 saturated heterocycles. The van der Waals surface area contributed by atoms with E-state index >= 15 is 0 Å². The first-order valence-corrected chi connectivity index (χ1v) is 11.8. The van der Waals surface area contributed by atoms with Gasteiger partial charge in [0.2, 0.25) is 0 Å². The van der Waals surface area contributed by atoms with Crippen LogP contribution in [0.1, 0.15) is 31.4 Å². The quantitative estimate of drug-likeness (QED) is 0.522. The van der Waals surface area contributed by atoms with Crippen LogP contribution in [0.3, 0.4) is 0 Å². The highest BCUT2D eigenvalue weighted by Gasteiger charge is 2.43. The predicted octanol–water partition coefficient (Wildman–Crippen LogP) is 3.52. The maximum Gasteiger partial charge on any atom is 0.490 e. The number of carboxylic acid groups (broad SMARTS) is 2. The molecule has 38 heavy (non-hydrogen) atoms. The van der Waals surface area contributed by atoms with Gasteiger partial charge in [-0.15, -0.1) is 0 Å². The summed E-state index contributed by atoms with van der Waals surface area (Å²) in [6.07, 6.45) is -3.28. The molecule has 9 nitrogen and oxygen atoms in total. The summed E-state index contributed by atoms with van der Waals surface area (Å²) in [5, 5.41) is 14.2. The van der Waals surface area contributed by atoms with Crippen molar-refractivity contribution in [2.75, 3.05) is 33.0 Å². The molecule has 3 fully saturated rings. The highest BCUT2D eigenvalue weighted by Crippen LogP contribution is 2.33. The zero-order valence-electron chi connectivity index (χ0n) is 20.3. The van der Waals surface area contributed by atoms with Crippen molar-refractivity contribution >= 4 is 11.9 Å². The molecule has 0 aromatic carbocycles. The van der Waals surface area contributed by atoms with Gasteiger partial charge in [-0.2, -0.15) is 26.3 Å². The van der Waals surface area contributed by atoms with Crippen molar-refractivity contribution < 1.29 is 60.4 Å². The van der Waals surface area contributed by atoms with E-state index in [-0.39, 0.29) is 12.2 Å². The number of rotatable bonds is 5. The number of halogens is 6. The summed E-state index contributed by atoms with van der Waals surface area (Å²) in [5.41, 5.74) is 1.14. The summed E-state index contributed by atoms with van der Waals surface area (Å²) in [4.78, 5) is 24.8. The molecule has 0 unspecified atom stereocenters. The number of aromatic nitrogens is 1. The van der Waals surface area contributed by atoms with E-state index in [1.807, 2.05) is 12.3 Å². The Hall–Kier alpha value is -2.49. The zero-order chi connectivity index (χ0) is 28.3. The van der Waals surface area contributed by atoms with Crippen LogP contribution in [0.2, 0.25) is 0 Å². The van der Waals surface area contributed by atoms with Crippen LogP contribution in [0.5, 0.6) is 0 Å². The van der Waals surface area contributed by atoms with Gasteiger partial charge in [-0.3, -0.25) is 9.88 Å². The molecule has 15 heteroatoms. The Balaban J connectivity index is 0.000000301. The number of aliphatic carboxylic acids is 2. The first kappa shape index (κ1) is 31.7. The third-order valence-electron chi connectivity index (χ3n) is 6.11. The highest BCUT2D eigenvalue weighted by molar-refractivity contribution is 5.73. The number of fused-ring (bicyclic) bond motifs is 1. The van der Waals surface area contributed by atoms with Gasteiger partial charge in [0, 0.05) is 38.5 Å². The SMILES string of the molecule is O=C(O)C(F)(F)F.O=C(O)C(F)(F)F.c1ccc(CN2CCO[C@H]3[C@H](OCC4CCOCC4)CC[C@@H]32)nc1. The number of nitrogens with zero attached hydrogens (tertiary/aromatic N) is 2. The number of carboxylic acids is 2. The summed E-state index contributed by atoms with van der Waals surface area (Å²) < 4.78 is 81.3. The first-order valence-electron chi connectivity index (χ1n) is 11.8. The lowest BCUT2D eigenvalue weighted by atomic mass is 10.0. The molecule has 0 bridgehead atoms. The normalized spacial score (nSPS) is 24.3. The van der Waals surface area contributed by atoms with Crippen LogP contribution in [0, 0.1) is 5.92 Å². The fourth-order valence-corrected chi connectivity index (χ4v) is 4.24. The van der Waals surface area contributed by atoms with E-state index in [0.717, 1.165) is 70.9 Å². The summed E-state index contributed by atoms with van der Waals surface area (Å²) in [5.74, 6) is -4.86. The second kappa shape index (κ2) is 14.6. The number of ether oxygens (including phenoxy) is 3. The molecule has 0 radical (unpaired) electrons. The molecule has 1 aromatic rings. The van der Waals surface area contributed by atoms with Crippen LogP contribution in [-0.4, -0.2) is 95.6 Å². The molecule has 0 amide bonds. The second-order valence-corrected chi connectivity index (χ2v) is 8.81. The second-order valence-electron chi connectivity index (χ2n) is 8.81. The van der Waals surface area contributed by atoms with Crippen LogP contribution < -0.4 is 0 Å². The smallest absolute Gasteiger partial charge is 0.475 e. The van der Waals surface area contributed by atoms with Gasteiger partial charge in [-0.1, -0.05) is 6.07 Å². The molecule has 1 saturated carbocycles. The average Bonchev–Trinajstić information content (AvgIpc) is 3.28. The molecule has 216 valence electrons. The average molecular weight is 560 g/mol. The number of hydrogen-bond acceptors (Lipinski definition) is 7. The van der Waals surface area contributed by atoms with E-state index in [4.69, 9.17) is 34.0 Å². The molecule has 1 aliphatic carbocycles. The van der Waals surface area contributed by atoms with E-state index < -0.39 is 24.3 Å². The minimum absolute atomic E-state index is 0.224. The van der Waals surface area contributed by atoms with E-state index in [9.17, 15) is 26.3 Å². The van der Waals surface area contributed by atoms with Crippen molar-refractivity contribution in [3.05, 3.63) is 30.1 Å². The van der Waals surface area contributed by atoms with Gasteiger partial charge in [0.05, 0.1) is 31.1 Å². The van der Waals surface area contributed by atoms with Gasteiger partial charge in [0.1, 0.15) is 0 Å². The van der Waals surface area contributed by atoms with Gasteiger partial charge in [-0.05, 0) is 43.7 Å². The van der Waals surface area contributed by atoms with Gasteiger partial charge >= 0.3 is 24.3 Å². The molecule has 3 atom stereocenters. The lowest BCUT2D eigenvalue weighted by Crippen LogP contribution is -2.51. The maximum atomic E-state index is 10.6. The Kier molecular flexibility index (Phi) is 12.2. The molecular formula is C23H30F6N2O7. The highest BCUT2D eigenvalue weighted by atomic mass is 19.4. The van der Waals surface area contributed by atoms with E-state index in [0.29, 0.717) is 12.0 Å². The number of carbonyl (C=O) groups is 2. The molecule has 2 aliphatic heterocycles. The summed E-state index contributed by atoms with van der Waals surface area (Å²) in [6.45, 7) is 5.34. The first-order chi connectivity index (χ1) is 17.8. The lowest BCUT2D eigenvalue weighted by Gasteiger charge is -2.39. The topological polar surface area (TPSA) is 118 Å². The third-order valence-corrected chi connectivity index (χ3v) is 6.11. The Morgan fingerprint density at radius 1 is 0.974 bits per heavy atom. The zero-order valence-corrected chi connectivity index (χ0v) is 20.3. The Morgan fingerprint density at radius 2 is 1.58 bits per heavy atom. The Labute approximate surface area is 214 Å². The van der Waals surface area contributed by atoms with Crippen molar-refractivity contribution in [2.45, 2.75) is 62.8 Å². The summed E-state index contributed by atoms with van der Waals surface area (Å²) in [6, 6.07) is 6.62. The molecule has 1 aromatic heterocycles. The lowest BCUT2D eigenvalue weighted by molar-refractivity contribution is -0.193. The maximum absolute atomic E-state index is 10.6. The number of pyridine rings is 1. The van der Waals surface area contributed by atoms with Gasteiger partial charge in [0.15, 0.2) is 0 Å². The summed E-state index contributed by atoms with van der Waals surface area (Å²) in [7, 11) is 0. The number of alkyl halides is 6. The minimum Gasteiger partial charge on any atom is -0.475 e. The largest absolute Gasteiger partial charge is 0.490 e. The van der Waals surface area contributed by atoms with Gasteiger partial charge in [0.25, 0.3) is 0 Å². The van der Waals surface area contributed by atoms with Gasteiger partial charge < -0.3 is 24.4 Å². The number of morpholine rings is 1. The molecule has 3 heterocycles. The van der Waals surface area contributed by atoms with Crippen molar-refractivity contribution in [1.29, 1.82) is 0 Å². The van der Waals surface area contributed by atoms with Crippen LogP contribution in [-0.2, 0) is 30.3 Å². The molecule has 0 spiro atoms. The van der Waals surface area contributed by atoms with Crippen molar-refractivity contribution in [3.8, 4) is 0 Å².